The third kappa shape index (κ3) is 4.54. The average molecular weight is 360 g/mol. The Kier molecular flexibility index (Phi) is 6.48. The van der Waals surface area contributed by atoms with E-state index in [1.54, 1.807) is 38.3 Å². The predicted octanol–water partition coefficient (Wildman–Crippen LogP) is 4.66. The number of carbonyl (C=O) groups excluding carboxylic acids is 1. The van der Waals surface area contributed by atoms with Crippen molar-refractivity contribution in [3.05, 3.63) is 64.2 Å². The zero-order valence-electron chi connectivity index (χ0n) is 14.9. The van der Waals surface area contributed by atoms with Crippen LogP contribution in [-0.2, 0) is 6.54 Å². The van der Waals surface area contributed by atoms with Gasteiger partial charge in [0.05, 0.1) is 14.2 Å². The van der Waals surface area contributed by atoms with Crippen LogP contribution in [0.15, 0.2) is 42.5 Å². The normalized spacial score (nSPS) is 10.8. The van der Waals surface area contributed by atoms with Crippen LogP contribution < -0.4 is 9.47 Å². The van der Waals surface area contributed by atoms with Crippen LogP contribution in [0, 0.1) is 0 Å². The third-order valence-corrected chi connectivity index (χ3v) is 3.99. The summed E-state index contributed by atoms with van der Waals surface area (Å²) in [5.74, 6) is 1.03. The van der Waals surface area contributed by atoms with Gasteiger partial charge in [0.25, 0.3) is 5.91 Å². The molecule has 132 valence electrons. The zero-order chi connectivity index (χ0) is 18.4. The predicted molar refractivity (Wildman–Crippen MR) is 102 cm³/mol. The van der Waals surface area contributed by atoms with Crippen molar-refractivity contribution in [2.75, 3.05) is 21.3 Å². The van der Waals surface area contributed by atoms with Crippen LogP contribution >= 0.6 is 11.6 Å². The molecule has 0 aliphatic heterocycles. The van der Waals surface area contributed by atoms with E-state index in [0.717, 1.165) is 11.1 Å². The molecule has 0 aliphatic rings. The number of nitrogens with zero attached hydrogens (tertiary/aromatic N) is 1. The molecule has 0 fully saturated rings. The van der Waals surface area contributed by atoms with E-state index >= 15 is 0 Å². The number of methoxy groups -OCH3 is 2. The number of hydrogen-bond donors (Lipinski definition) is 0. The van der Waals surface area contributed by atoms with Gasteiger partial charge in [0.2, 0.25) is 0 Å². The molecule has 5 heteroatoms. The fraction of sp³-hybridized carbons (Fsp3) is 0.250. The Hall–Kier alpha value is -2.46. The summed E-state index contributed by atoms with van der Waals surface area (Å²) in [7, 11) is 4.90. The summed E-state index contributed by atoms with van der Waals surface area (Å²) in [5, 5.41) is 0.653. The number of carbonyl (C=O) groups is 1. The molecular formula is C20H22ClNO3. The van der Waals surface area contributed by atoms with Crippen LogP contribution in [-0.4, -0.2) is 32.1 Å². The van der Waals surface area contributed by atoms with Crippen LogP contribution in [0.1, 0.15) is 28.4 Å². The van der Waals surface area contributed by atoms with Crippen molar-refractivity contribution < 1.29 is 14.3 Å². The van der Waals surface area contributed by atoms with E-state index in [4.69, 9.17) is 21.1 Å². The molecule has 0 unspecified atom stereocenters. The van der Waals surface area contributed by atoms with Gasteiger partial charge in [-0.3, -0.25) is 4.79 Å². The van der Waals surface area contributed by atoms with Gasteiger partial charge in [-0.05, 0) is 36.8 Å². The van der Waals surface area contributed by atoms with Gasteiger partial charge in [-0.1, -0.05) is 35.9 Å². The maximum absolute atomic E-state index is 12.8. The fourth-order valence-corrected chi connectivity index (χ4v) is 2.83. The van der Waals surface area contributed by atoms with Gasteiger partial charge in [-0.25, -0.2) is 0 Å². The largest absolute Gasteiger partial charge is 0.493 e. The summed E-state index contributed by atoms with van der Waals surface area (Å²) < 4.78 is 10.8. The SMILES string of the molecule is C/C=C/c1cc(C(=O)N(C)Cc2cccc(Cl)c2)cc(OC)c1OC. The van der Waals surface area contributed by atoms with E-state index in [1.165, 1.54) is 0 Å². The molecule has 0 saturated carbocycles. The molecule has 0 aliphatic carbocycles. The summed E-state index contributed by atoms with van der Waals surface area (Å²) in [6.07, 6.45) is 3.77. The maximum Gasteiger partial charge on any atom is 0.254 e. The van der Waals surface area contributed by atoms with Crippen LogP contribution in [0.5, 0.6) is 11.5 Å². The summed E-state index contributed by atoms with van der Waals surface area (Å²) in [4.78, 5) is 14.5. The highest BCUT2D eigenvalue weighted by Gasteiger charge is 2.18. The Labute approximate surface area is 153 Å². The van der Waals surface area contributed by atoms with Gasteiger partial charge < -0.3 is 14.4 Å². The summed E-state index contributed by atoms with van der Waals surface area (Å²) in [6, 6.07) is 11.0. The highest BCUT2D eigenvalue weighted by Crippen LogP contribution is 2.34. The van der Waals surface area contributed by atoms with E-state index < -0.39 is 0 Å². The van der Waals surface area contributed by atoms with Crippen LogP contribution in [0.2, 0.25) is 5.02 Å². The lowest BCUT2D eigenvalue weighted by Gasteiger charge is -2.19. The summed E-state index contributed by atoms with van der Waals surface area (Å²) >= 11 is 6.01. The molecule has 0 atom stereocenters. The Bertz CT molecular complexity index is 787. The first-order chi connectivity index (χ1) is 12.0. The molecule has 0 aromatic heterocycles. The number of rotatable bonds is 6. The second-order valence-electron chi connectivity index (χ2n) is 5.59. The first-order valence-electron chi connectivity index (χ1n) is 7.88. The fourth-order valence-electron chi connectivity index (χ4n) is 2.62. The highest BCUT2D eigenvalue weighted by atomic mass is 35.5. The number of ether oxygens (including phenoxy) is 2. The molecule has 0 saturated heterocycles. The molecule has 2 aromatic rings. The first-order valence-corrected chi connectivity index (χ1v) is 8.26. The van der Waals surface area contributed by atoms with Crippen molar-refractivity contribution in [3.8, 4) is 11.5 Å². The number of amides is 1. The third-order valence-electron chi connectivity index (χ3n) is 3.76. The molecule has 0 radical (unpaired) electrons. The van der Waals surface area contributed by atoms with E-state index in [2.05, 4.69) is 0 Å². The first kappa shape index (κ1) is 18.9. The zero-order valence-corrected chi connectivity index (χ0v) is 15.6. The van der Waals surface area contributed by atoms with Crippen LogP contribution in [0.3, 0.4) is 0 Å². The van der Waals surface area contributed by atoms with Crippen molar-refractivity contribution in [2.45, 2.75) is 13.5 Å². The molecular weight excluding hydrogens is 338 g/mol. The van der Waals surface area contributed by atoms with Gasteiger partial charge in [0.15, 0.2) is 11.5 Å². The Balaban J connectivity index is 2.32. The van der Waals surface area contributed by atoms with E-state index in [0.29, 0.717) is 28.6 Å². The lowest BCUT2D eigenvalue weighted by Crippen LogP contribution is -2.26. The average Bonchev–Trinajstić information content (AvgIpc) is 2.60. The Morgan fingerprint density at radius 1 is 1.20 bits per heavy atom. The molecule has 2 rings (SSSR count). The Morgan fingerprint density at radius 3 is 2.56 bits per heavy atom. The van der Waals surface area contributed by atoms with Crippen LogP contribution in [0.4, 0.5) is 0 Å². The lowest BCUT2D eigenvalue weighted by atomic mass is 10.1. The van der Waals surface area contributed by atoms with Gasteiger partial charge in [-0.2, -0.15) is 0 Å². The maximum atomic E-state index is 12.8. The minimum atomic E-state index is -0.105. The number of benzene rings is 2. The number of halogens is 1. The van der Waals surface area contributed by atoms with Crippen molar-refractivity contribution in [1.29, 1.82) is 0 Å². The van der Waals surface area contributed by atoms with Gasteiger partial charge in [0, 0.05) is 29.7 Å². The van der Waals surface area contributed by atoms with Gasteiger partial charge in [-0.15, -0.1) is 0 Å². The number of allylic oxidation sites excluding steroid dienone is 1. The van der Waals surface area contributed by atoms with Crippen LogP contribution in [0.25, 0.3) is 6.08 Å². The highest BCUT2D eigenvalue weighted by molar-refractivity contribution is 6.30. The molecule has 1 amide bonds. The minimum Gasteiger partial charge on any atom is -0.493 e. The van der Waals surface area contributed by atoms with E-state index in [-0.39, 0.29) is 5.91 Å². The summed E-state index contributed by atoms with van der Waals surface area (Å²) in [6.45, 7) is 2.37. The van der Waals surface area contributed by atoms with E-state index in [9.17, 15) is 4.79 Å². The standard InChI is InChI=1S/C20H22ClNO3/c1-5-7-15-11-16(12-18(24-3)19(15)25-4)20(23)22(2)13-14-8-6-9-17(21)10-14/h5-12H,13H2,1-4H3/b7-5+. The monoisotopic (exact) mass is 359 g/mol. The van der Waals surface area contributed by atoms with Gasteiger partial charge in [0.1, 0.15) is 0 Å². The molecule has 0 heterocycles. The van der Waals surface area contributed by atoms with Crippen molar-refractivity contribution in [3.63, 3.8) is 0 Å². The quantitative estimate of drug-likeness (QED) is 0.752. The van der Waals surface area contributed by atoms with Crippen molar-refractivity contribution in [2.24, 2.45) is 0 Å². The second-order valence-corrected chi connectivity index (χ2v) is 6.03. The number of hydrogen-bond acceptors (Lipinski definition) is 3. The molecule has 0 spiro atoms. The van der Waals surface area contributed by atoms with Crippen molar-refractivity contribution >= 4 is 23.6 Å². The summed E-state index contributed by atoms with van der Waals surface area (Å²) in [5.41, 5.74) is 2.30. The lowest BCUT2D eigenvalue weighted by molar-refractivity contribution is 0.0784. The molecule has 0 N–H and O–H groups in total. The molecule has 4 nitrogen and oxygen atoms in total. The Morgan fingerprint density at radius 2 is 1.96 bits per heavy atom. The van der Waals surface area contributed by atoms with Crippen molar-refractivity contribution in [1.82, 2.24) is 4.90 Å². The second kappa shape index (κ2) is 8.58. The van der Waals surface area contributed by atoms with E-state index in [1.807, 2.05) is 43.3 Å². The van der Waals surface area contributed by atoms with Gasteiger partial charge >= 0.3 is 0 Å². The minimum absolute atomic E-state index is 0.105. The topological polar surface area (TPSA) is 38.8 Å². The smallest absolute Gasteiger partial charge is 0.254 e. The molecule has 2 aromatic carbocycles. The molecule has 0 bridgehead atoms. The molecule has 25 heavy (non-hydrogen) atoms.